The third-order valence-electron chi connectivity index (χ3n) is 3.56. The number of rotatable bonds is 6. The number of carbonyl (C=O) groups excluding carboxylic acids is 1. The van der Waals surface area contributed by atoms with Gasteiger partial charge in [-0.15, -0.1) is 0 Å². The highest BCUT2D eigenvalue weighted by Gasteiger charge is 2.54. The molecule has 3 atom stereocenters. The monoisotopic (exact) mass is 256 g/mol. The van der Waals surface area contributed by atoms with E-state index in [0.717, 1.165) is 25.8 Å². The number of aliphatic carboxylic acids is 1. The summed E-state index contributed by atoms with van der Waals surface area (Å²) >= 11 is 0. The Balaban J connectivity index is 1.86. The van der Waals surface area contributed by atoms with Gasteiger partial charge in [0.05, 0.1) is 12.6 Å². The molecule has 0 aromatic rings. The molecule has 102 valence electrons. The number of carboxylic acid groups (broad SMARTS) is 1. The maximum Gasteiger partial charge on any atom is 0.354 e. The lowest BCUT2D eigenvalue weighted by atomic mass is 9.90. The van der Waals surface area contributed by atoms with Crippen molar-refractivity contribution in [1.82, 2.24) is 10.2 Å². The Labute approximate surface area is 106 Å². The molecule has 0 saturated carbocycles. The SMILES string of the molecule is CCCCCNC1C(=O)N2C(C(=O)O)OCCC12. The lowest BCUT2D eigenvalue weighted by Gasteiger charge is -2.52. The van der Waals surface area contributed by atoms with Gasteiger partial charge in [-0.05, 0) is 19.4 Å². The molecule has 2 N–H and O–H groups in total. The Morgan fingerprint density at radius 1 is 1.56 bits per heavy atom. The predicted octanol–water partition coefficient (Wildman–Crippen LogP) is 0.177. The molecule has 2 saturated heterocycles. The minimum Gasteiger partial charge on any atom is -0.478 e. The Morgan fingerprint density at radius 2 is 2.33 bits per heavy atom. The zero-order valence-electron chi connectivity index (χ0n) is 10.6. The molecule has 0 aromatic carbocycles. The molecule has 6 heteroatoms. The number of carbonyl (C=O) groups is 2. The van der Waals surface area contributed by atoms with Gasteiger partial charge >= 0.3 is 5.97 Å². The number of β-lactam (4-membered cyclic amide) rings is 1. The van der Waals surface area contributed by atoms with Gasteiger partial charge in [-0.3, -0.25) is 4.79 Å². The van der Waals surface area contributed by atoms with Gasteiger partial charge in [0.1, 0.15) is 6.04 Å². The number of amides is 1. The first-order valence-corrected chi connectivity index (χ1v) is 6.56. The molecular weight excluding hydrogens is 236 g/mol. The van der Waals surface area contributed by atoms with Gasteiger partial charge in [-0.25, -0.2) is 4.79 Å². The average molecular weight is 256 g/mol. The topological polar surface area (TPSA) is 78.9 Å². The molecule has 0 spiro atoms. The molecule has 18 heavy (non-hydrogen) atoms. The largest absolute Gasteiger partial charge is 0.478 e. The fourth-order valence-corrected chi connectivity index (χ4v) is 2.59. The quantitative estimate of drug-likeness (QED) is 0.523. The number of nitrogens with one attached hydrogen (secondary N) is 1. The highest BCUT2D eigenvalue weighted by atomic mass is 16.5. The van der Waals surface area contributed by atoms with Gasteiger partial charge in [0.15, 0.2) is 0 Å². The van der Waals surface area contributed by atoms with Crippen molar-refractivity contribution in [3.63, 3.8) is 0 Å². The number of hydrogen-bond donors (Lipinski definition) is 2. The molecule has 1 amide bonds. The van der Waals surface area contributed by atoms with Crippen LogP contribution in [0, 0.1) is 0 Å². The maximum atomic E-state index is 11.9. The van der Waals surface area contributed by atoms with Crippen molar-refractivity contribution in [1.29, 1.82) is 0 Å². The predicted molar refractivity (Wildman–Crippen MR) is 63.9 cm³/mol. The molecule has 3 unspecified atom stereocenters. The number of fused-ring (bicyclic) bond motifs is 1. The Bertz CT molecular complexity index is 334. The number of carboxylic acids is 1. The summed E-state index contributed by atoms with van der Waals surface area (Å²) in [6.45, 7) is 3.35. The minimum absolute atomic E-state index is 0.0195. The molecule has 2 aliphatic rings. The molecule has 2 fully saturated rings. The van der Waals surface area contributed by atoms with Gasteiger partial charge in [0, 0.05) is 0 Å². The second-order valence-electron chi connectivity index (χ2n) is 4.80. The minimum atomic E-state index is -1.09. The van der Waals surface area contributed by atoms with Gasteiger partial charge < -0.3 is 20.1 Å². The number of ether oxygens (including phenoxy) is 1. The zero-order chi connectivity index (χ0) is 13.1. The summed E-state index contributed by atoms with van der Waals surface area (Å²) in [5.74, 6) is -1.24. The first-order valence-electron chi connectivity index (χ1n) is 6.56. The summed E-state index contributed by atoms with van der Waals surface area (Å²) in [6.07, 6.45) is 2.95. The van der Waals surface area contributed by atoms with Gasteiger partial charge in [-0.2, -0.15) is 0 Å². The second kappa shape index (κ2) is 5.67. The Hall–Kier alpha value is -1.14. The van der Waals surface area contributed by atoms with E-state index in [2.05, 4.69) is 12.2 Å². The van der Waals surface area contributed by atoms with E-state index in [-0.39, 0.29) is 18.0 Å². The summed E-state index contributed by atoms with van der Waals surface area (Å²) in [6, 6.07) is -0.235. The molecule has 2 aliphatic heterocycles. The van der Waals surface area contributed by atoms with Crippen LogP contribution in [0.25, 0.3) is 0 Å². The molecule has 0 aliphatic carbocycles. The van der Waals surface area contributed by atoms with Crippen molar-refractivity contribution < 1.29 is 19.4 Å². The van der Waals surface area contributed by atoms with E-state index < -0.39 is 12.2 Å². The summed E-state index contributed by atoms with van der Waals surface area (Å²) in [5, 5.41) is 12.2. The standard InChI is InChI=1S/C12H20N2O4/c1-2-3-4-6-13-9-8-5-7-18-11(12(16)17)14(8)10(9)15/h8-9,11,13H,2-7H2,1H3,(H,16,17). The molecule has 2 heterocycles. The van der Waals surface area contributed by atoms with Crippen LogP contribution in [0.4, 0.5) is 0 Å². The van der Waals surface area contributed by atoms with E-state index in [0.29, 0.717) is 13.0 Å². The van der Waals surface area contributed by atoms with E-state index in [1.807, 2.05) is 0 Å². The van der Waals surface area contributed by atoms with Crippen molar-refractivity contribution in [3.05, 3.63) is 0 Å². The van der Waals surface area contributed by atoms with E-state index >= 15 is 0 Å². The fourth-order valence-electron chi connectivity index (χ4n) is 2.59. The van der Waals surface area contributed by atoms with Crippen molar-refractivity contribution in [2.75, 3.05) is 13.2 Å². The van der Waals surface area contributed by atoms with Crippen LogP contribution >= 0.6 is 0 Å². The Kier molecular flexibility index (Phi) is 4.19. The number of hydrogen-bond acceptors (Lipinski definition) is 4. The summed E-state index contributed by atoms with van der Waals surface area (Å²) in [4.78, 5) is 24.2. The Morgan fingerprint density at radius 3 is 3.00 bits per heavy atom. The third kappa shape index (κ3) is 2.35. The smallest absolute Gasteiger partial charge is 0.354 e. The maximum absolute atomic E-state index is 11.9. The normalized spacial score (nSPS) is 30.8. The van der Waals surface area contributed by atoms with Crippen molar-refractivity contribution in [3.8, 4) is 0 Å². The van der Waals surface area contributed by atoms with Crippen molar-refractivity contribution in [2.45, 2.75) is 50.9 Å². The van der Waals surface area contributed by atoms with Crippen LogP contribution in [-0.4, -0.2) is 53.3 Å². The van der Waals surface area contributed by atoms with Gasteiger partial charge in [0.25, 0.3) is 0 Å². The van der Waals surface area contributed by atoms with E-state index in [1.54, 1.807) is 0 Å². The van der Waals surface area contributed by atoms with Crippen LogP contribution in [0.2, 0.25) is 0 Å². The summed E-state index contributed by atoms with van der Waals surface area (Å²) in [5.41, 5.74) is 0. The molecule has 0 bridgehead atoms. The lowest BCUT2D eigenvalue weighted by molar-refractivity contribution is -0.206. The van der Waals surface area contributed by atoms with Crippen LogP contribution in [-0.2, 0) is 14.3 Å². The van der Waals surface area contributed by atoms with Crippen molar-refractivity contribution >= 4 is 11.9 Å². The summed E-state index contributed by atoms with van der Waals surface area (Å²) < 4.78 is 5.11. The molecule has 0 aromatic heterocycles. The molecule has 6 nitrogen and oxygen atoms in total. The molecule has 2 rings (SSSR count). The highest BCUT2D eigenvalue weighted by molar-refractivity contribution is 5.93. The van der Waals surface area contributed by atoms with E-state index in [1.165, 1.54) is 4.90 Å². The lowest BCUT2D eigenvalue weighted by Crippen LogP contribution is -2.75. The van der Waals surface area contributed by atoms with Crippen LogP contribution in [0.3, 0.4) is 0 Å². The average Bonchev–Trinajstić information content (AvgIpc) is 2.37. The van der Waals surface area contributed by atoms with Gasteiger partial charge in [0.2, 0.25) is 12.1 Å². The van der Waals surface area contributed by atoms with E-state index in [4.69, 9.17) is 9.84 Å². The van der Waals surface area contributed by atoms with E-state index in [9.17, 15) is 9.59 Å². The first-order chi connectivity index (χ1) is 8.66. The highest BCUT2D eigenvalue weighted by Crippen LogP contribution is 2.30. The van der Waals surface area contributed by atoms with Crippen LogP contribution in [0.5, 0.6) is 0 Å². The van der Waals surface area contributed by atoms with Crippen molar-refractivity contribution in [2.24, 2.45) is 0 Å². The number of unbranched alkanes of at least 4 members (excludes halogenated alkanes) is 2. The second-order valence-corrected chi connectivity index (χ2v) is 4.80. The summed E-state index contributed by atoms with van der Waals surface area (Å²) in [7, 11) is 0. The van der Waals surface area contributed by atoms with Gasteiger partial charge in [-0.1, -0.05) is 19.8 Å². The molecule has 0 radical (unpaired) electrons. The number of nitrogens with zero attached hydrogens (tertiary/aromatic N) is 1. The zero-order valence-corrected chi connectivity index (χ0v) is 10.6. The first kappa shape index (κ1) is 13.3. The van der Waals surface area contributed by atoms with Crippen LogP contribution in [0.15, 0.2) is 0 Å². The third-order valence-corrected chi connectivity index (χ3v) is 3.56. The fraction of sp³-hybridized carbons (Fsp3) is 0.833. The molecular formula is C12H20N2O4. The van der Waals surface area contributed by atoms with Crippen LogP contribution < -0.4 is 5.32 Å². The van der Waals surface area contributed by atoms with Crippen LogP contribution in [0.1, 0.15) is 32.6 Å².